The van der Waals surface area contributed by atoms with Gasteiger partial charge in [0.05, 0.1) is 15.5 Å². The Hall–Kier alpha value is -3.20. The van der Waals surface area contributed by atoms with Crippen molar-refractivity contribution >= 4 is 63.3 Å². The number of benzene rings is 3. The van der Waals surface area contributed by atoms with Crippen LogP contribution in [-0.2, 0) is 11.4 Å². The lowest BCUT2D eigenvalue weighted by atomic mass is 10.1. The third kappa shape index (κ3) is 4.67. The molecule has 1 fully saturated rings. The van der Waals surface area contributed by atoms with Crippen LogP contribution in [-0.4, -0.2) is 15.2 Å². The van der Waals surface area contributed by atoms with Gasteiger partial charge in [-0.05, 0) is 30.3 Å². The molecule has 1 heterocycles. The van der Waals surface area contributed by atoms with Gasteiger partial charge in [-0.25, -0.2) is 0 Å². The Kier molecular flexibility index (Phi) is 6.55. The van der Waals surface area contributed by atoms with Crippen molar-refractivity contribution in [1.29, 1.82) is 0 Å². The number of thiocarbonyl (C=S) groups is 1. The first-order chi connectivity index (χ1) is 15.4. The zero-order valence-corrected chi connectivity index (χ0v) is 18.8. The number of ether oxygens (including phenoxy) is 1. The van der Waals surface area contributed by atoms with E-state index in [1.54, 1.807) is 24.3 Å². The summed E-state index contributed by atoms with van der Waals surface area (Å²) in [6.07, 6.45) is 1.57. The molecule has 0 aromatic heterocycles. The molecular weight excluding hydrogens is 468 g/mol. The fourth-order valence-corrected chi connectivity index (χ4v) is 4.55. The van der Waals surface area contributed by atoms with Crippen LogP contribution in [0.2, 0.25) is 5.02 Å². The Labute approximate surface area is 198 Å². The molecule has 9 heteroatoms. The van der Waals surface area contributed by atoms with E-state index in [-0.39, 0.29) is 18.2 Å². The minimum Gasteiger partial charge on any atom is -0.488 e. The second-order valence-corrected chi connectivity index (χ2v) is 8.79. The first kappa shape index (κ1) is 22.0. The molecule has 1 amide bonds. The predicted octanol–water partition coefficient (Wildman–Crippen LogP) is 6.23. The number of anilines is 1. The van der Waals surface area contributed by atoms with Crippen LogP contribution in [0.3, 0.4) is 0 Å². The van der Waals surface area contributed by atoms with Crippen molar-refractivity contribution in [2.75, 3.05) is 4.90 Å². The summed E-state index contributed by atoms with van der Waals surface area (Å²) in [5.74, 6) is 0.0928. The van der Waals surface area contributed by atoms with Gasteiger partial charge in [0.15, 0.2) is 4.32 Å². The standard InChI is InChI=1S/C23H15ClN2O4S2/c24-19-9-5-4-6-15(19)14-30-20-11-10-18(26(28)29)12-16(20)13-21-22(27)25(23(31)32-21)17-7-2-1-3-8-17/h1-13H,14H2. The predicted molar refractivity (Wildman–Crippen MR) is 131 cm³/mol. The summed E-state index contributed by atoms with van der Waals surface area (Å²) >= 11 is 12.7. The van der Waals surface area contributed by atoms with Gasteiger partial charge in [-0.1, -0.05) is 72.0 Å². The molecule has 0 radical (unpaired) electrons. The molecule has 4 rings (SSSR count). The molecule has 0 bridgehead atoms. The van der Waals surface area contributed by atoms with Gasteiger partial charge in [-0.15, -0.1) is 0 Å². The minimum atomic E-state index is -0.496. The highest BCUT2D eigenvalue weighted by Gasteiger charge is 2.33. The molecule has 0 aliphatic carbocycles. The summed E-state index contributed by atoms with van der Waals surface area (Å²) in [5, 5.41) is 11.9. The van der Waals surface area contributed by atoms with Crippen LogP contribution in [0.15, 0.2) is 77.7 Å². The summed E-state index contributed by atoms with van der Waals surface area (Å²) < 4.78 is 6.29. The maximum atomic E-state index is 13.0. The Morgan fingerprint density at radius 1 is 1.09 bits per heavy atom. The van der Waals surface area contributed by atoms with Gasteiger partial charge in [-0.3, -0.25) is 19.8 Å². The van der Waals surface area contributed by atoms with E-state index in [9.17, 15) is 14.9 Å². The van der Waals surface area contributed by atoms with E-state index < -0.39 is 4.92 Å². The van der Waals surface area contributed by atoms with Crippen molar-refractivity contribution in [3.05, 3.63) is 104 Å². The number of hydrogen-bond acceptors (Lipinski definition) is 6. The lowest BCUT2D eigenvalue weighted by Crippen LogP contribution is -2.27. The molecule has 1 aliphatic heterocycles. The fraction of sp³-hybridized carbons (Fsp3) is 0.0435. The molecule has 3 aromatic rings. The van der Waals surface area contributed by atoms with Crippen molar-refractivity contribution < 1.29 is 14.5 Å². The fourth-order valence-electron chi connectivity index (χ4n) is 3.07. The Bertz CT molecular complexity index is 1250. The van der Waals surface area contributed by atoms with Gasteiger partial charge in [0.25, 0.3) is 11.6 Å². The first-order valence-electron chi connectivity index (χ1n) is 9.41. The van der Waals surface area contributed by atoms with Gasteiger partial charge in [0.1, 0.15) is 12.4 Å². The van der Waals surface area contributed by atoms with Crippen LogP contribution in [0, 0.1) is 10.1 Å². The number of rotatable bonds is 6. The van der Waals surface area contributed by atoms with Gasteiger partial charge in [-0.2, -0.15) is 0 Å². The third-order valence-electron chi connectivity index (χ3n) is 4.64. The molecule has 6 nitrogen and oxygen atoms in total. The number of non-ortho nitro benzene ring substituents is 1. The van der Waals surface area contributed by atoms with E-state index in [1.165, 1.54) is 23.1 Å². The molecule has 1 saturated heterocycles. The molecule has 0 spiro atoms. The SMILES string of the molecule is O=C1C(=Cc2cc([N+](=O)[O-])ccc2OCc2ccccc2Cl)SC(=S)N1c1ccccc1. The van der Waals surface area contributed by atoms with Gasteiger partial charge in [0, 0.05) is 28.3 Å². The van der Waals surface area contributed by atoms with Crippen LogP contribution in [0.25, 0.3) is 6.08 Å². The normalized spacial score (nSPS) is 14.8. The van der Waals surface area contributed by atoms with Crippen molar-refractivity contribution in [2.24, 2.45) is 0 Å². The number of nitro groups is 1. The van der Waals surface area contributed by atoms with Crippen LogP contribution in [0.4, 0.5) is 11.4 Å². The topological polar surface area (TPSA) is 72.7 Å². The molecule has 0 saturated carbocycles. The monoisotopic (exact) mass is 482 g/mol. The van der Waals surface area contributed by atoms with Crippen LogP contribution in [0.1, 0.15) is 11.1 Å². The molecule has 32 heavy (non-hydrogen) atoms. The number of thioether (sulfide) groups is 1. The summed E-state index contributed by atoms with van der Waals surface area (Å²) in [4.78, 5) is 25.6. The van der Waals surface area contributed by atoms with Crippen LogP contribution in [0.5, 0.6) is 5.75 Å². The molecular formula is C23H15ClN2O4S2. The maximum Gasteiger partial charge on any atom is 0.270 e. The van der Waals surface area contributed by atoms with E-state index in [2.05, 4.69) is 0 Å². The lowest BCUT2D eigenvalue weighted by molar-refractivity contribution is -0.384. The van der Waals surface area contributed by atoms with Gasteiger partial charge in [0.2, 0.25) is 0 Å². The molecule has 0 unspecified atom stereocenters. The van der Waals surface area contributed by atoms with E-state index in [1.807, 2.05) is 36.4 Å². The second kappa shape index (κ2) is 9.52. The van der Waals surface area contributed by atoms with Gasteiger partial charge < -0.3 is 4.74 Å². The van der Waals surface area contributed by atoms with Crippen molar-refractivity contribution in [3.63, 3.8) is 0 Å². The highest BCUT2D eigenvalue weighted by Crippen LogP contribution is 2.38. The summed E-state index contributed by atoms with van der Waals surface area (Å²) in [6, 6.07) is 20.6. The number of para-hydroxylation sites is 1. The van der Waals surface area contributed by atoms with Crippen molar-refractivity contribution in [1.82, 2.24) is 0 Å². The smallest absolute Gasteiger partial charge is 0.270 e. The Balaban J connectivity index is 1.67. The summed E-state index contributed by atoms with van der Waals surface area (Å²) in [7, 11) is 0. The molecule has 0 atom stereocenters. The van der Waals surface area contributed by atoms with Crippen molar-refractivity contribution in [3.8, 4) is 5.75 Å². The molecule has 1 aliphatic rings. The van der Waals surface area contributed by atoms with E-state index in [0.29, 0.717) is 31.2 Å². The highest BCUT2D eigenvalue weighted by atomic mass is 35.5. The first-order valence-corrected chi connectivity index (χ1v) is 11.0. The summed E-state index contributed by atoms with van der Waals surface area (Å²) in [5.41, 5.74) is 1.72. The molecule has 160 valence electrons. The summed E-state index contributed by atoms with van der Waals surface area (Å²) in [6.45, 7) is 0.170. The number of carbonyl (C=O) groups is 1. The second-order valence-electron chi connectivity index (χ2n) is 6.71. The number of halogens is 1. The average Bonchev–Trinajstić information content (AvgIpc) is 3.07. The minimum absolute atomic E-state index is 0.111. The van der Waals surface area contributed by atoms with E-state index in [0.717, 1.165) is 17.3 Å². The number of amides is 1. The number of nitro benzene ring substituents is 1. The average molecular weight is 483 g/mol. The maximum absolute atomic E-state index is 13.0. The molecule has 3 aromatic carbocycles. The van der Waals surface area contributed by atoms with Gasteiger partial charge >= 0.3 is 0 Å². The largest absolute Gasteiger partial charge is 0.488 e. The van der Waals surface area contributed by atoms with Crippen LogP contribution >= 0.6 is 35.6 Å². The number of carbonyl (C=O) groups excluding carboxylic acids is 1. The van der Waals surface area contributed by atoms with E-state index in [4.69, 9.17) is 28.6 Å². The van der Waals surface area contributed by atoms with E-state index >= 15 is 0 Å². The number of nitrogens with zero attached hydrogens (tertiary/aromatic N) is 2. The molecule has 0 N–H and O–H groups in total. The van der Waals surface area contributed by atoms with Crippen molar-refractivity contribution in [2.45, 2.75) is 6.61 Å². The zero-order valence-electron chi connectivity index (χ0n) is 16.4. The zero-order chi connectivity index (χ0) is 22.7. The Morgan fingerprint density at radius 3 is 2.53 bits per heavy atom. The lowest BCUT2D eigenvalue weighted by Gasteiger charge is -2.14. The number of hydrogen-bond donors (Lipinski definition) is 0. The quantitative estimate of drug-likeness (QED) is 0.179. The Morgan fingerprint density at radius 2 is 1.81 bits per heavy atom. The third-order valence-corrected chi connectivity index (χ3v) is 6.31. The van der Waals surface area contributed by atoms with Crippen LogP contribution < -0.4 is 9.64 Å². The highest BCUT2D eigenvalue weighted by molar-refractivity contribution is 8.27.